The maximum Gasteiger partial charge on any atom is 0.160 e. The van der Waals surface area contributed by atoms with Gasteiger partial charge >= 0.3 is 0 Å². The average Bonchev–Trinajstić information content (AvgIpc) is 3.89. The number of hydrogen-bond donors (Lipinski definition) is 0. The first-order valence-corrected chi connectivity index (χ1v) is 21.1. The molecule has 0 bridgehead atoms. The molecule has 9 aromatic carbocycles. The average molecular weight is 791 g/mol. The first-order valence-electron chi connectivity index (χ1n) is 21.1. The number of furan rings is 1. The molecule has 62 heavy (non-hydrogen) atoms. The summed E-state index contributed by atoms with van der Waals surface area (Å²) in [4.78, 5) is 10.3. The molecule has 0 saturated carbocycles. The van der Waals surface area contributed by atoms with Crippen LogP contribution in [0, 0.1) is 0 Å². The molecule has 3 nitrogen and oxygen atoms in total. The number of nitrogens with zero attached hydrogens (tertiary/aromatic N) is 2. The zero-order valence-corrected chi connectivity index (χ0v) is 33.7. The lowest BCUT2D eigenvalue weighted by Crippen LogP contribution is -2.28. The van der Waals surface area contributed by atoms with Gasteiger partial charge in [0.15, 0.2) is 5.82 Å². The second-order valence-corrected chi connectivity index (χ2v) is 16.0. The van der Waals surface area contributed by atoms with Gasteiger partial charge in [0.05, 0.1) is 16.8 Å². The van der Waals surface area contributed by atoms with Gasteiger partial charge in [-0.2, -0.15) is 0 Å². The monoisotopic (exact) mass is 790 g/mol. The van der Waals surface area contributed by atoms with Gasteiger partial charge in [0.25, 0.3) is 0 Å². The minimum Gasteiger partial charge on any atom is -0.455 e. The molecule has 0 unspecified atom stereocenters. The molecule has 290 valence electrons. The van der Waals surface area contributed by atoms with Crippen molar-refractivity contribution in [2.75, 3.05) is 0 Å². The third kappa shape index (κ3) is 5.67. The van der Waals surface area contributed by atoms with Crippen LogP contribution in [0.4, 0.5) is 0 Å². The molecule has 2 aromatic heterocycles. The van der Waals surface area contributed by atoms with Crippen molar-refractivity contribution in [2.45, 2.75) is 5.41 Å². The van der Waals surface area contributed by atoms with E-state index in [1.807, 2.05) is 30.3 Å². The van der Waals surface area contributed by atoms with Crippen molar-refractivity contribution in [1.82, 2.24) is 9.97 Å². The molecular weight excluding hydrogens is 753 g/mol. The molecule has 0 N–H and O–H groups in total. The van der Waals surface area contributed by atoms with E-state index in [0.29, 0.717) is 5.82 Å². The van der Waals surface area contributed by atoms with Gasteiger partial charge < -0.3 is 4.42 Å². The van der Waals surface area contributed by atoms with E-state index in [1.165, 1.54) is 38.9 Å². The molecule has 0 fully saturated rings. The molecule has 2 heterocycles. The highest BCUT2D eigenvalue weighted by molar-refractivity contribution is 6.09. The van der Waals surface area contributed by atoms with E-state index in [2.05, 4.69) is 200 Å². The molecule has 1 aliphatic rings. The lowest BCUT2D eigenvalue weighted by Gasteiger charge is -2.34. The van der Waals surface area contributed by atoms with Crippen molar-refractivity contribution >= 4 is 21.9 Å². The van der Waals surface area contributed by atoms with Crippen molar-refractivity contribution in [2.24, 2.45) is 0 Å². The normalized spacial score (nSPS) is 12.6. The molecule has 0 spiro atoms. The van der Waals surface area contributed by atoms with Crippen LogP contribution in [-0.4, -0.2) is 9.97 Å². The van der Waals surface area contributed by atoms with Gasteiger partial charge in [-0.25, -0.2) is 9.97 Å². The Kier molecular flexibility index (Phi) is 8.39. The summed E-state index contributed by atoms with van der Waals surface area (Å²) in [5, 5.41) is 2.25. The van der Waals surface area contributed by atoms with Crippen LogP contribution in [0.2, 0.25) is 0 Å². The lowest BCUT2D eigenvalue weighted by molar-refractivity contribution is 0.670. The number of hydrogen-bond acceptors (Lipinski definition) is 3. The highest BCUT2D eigenvalue weighted by atomic mass is 16.3. The van der Waals surface area contributed by atoms with Crippen LogP contribution in [0.3, 0.4) is 0 Å². The number of fused-ring (bicyclic) bond motifs is 6. The van der Waals surface area contributed by atoms with E-state index in [4.69, 9.17) is 14.4 Å². The highest BCUT2D eigenvalue weighted by Gasteiger charge is 2.46. The van der Waals surface area contributed by atoms with Gasteiger partial charge in [0, 0.05) is 33.0 Å². The van der Waals surface area contributed by atoms with Crippen LogP contribution in [0.25, 0.3) is 89.2 Å². The summed E-state index contributed by atoms with van der Waals surface area (Å²) < 4.78 is 6.38. The molecule has 12 rings (SSSR count). The van der Waals surface area contributed by atoms with Gasteiger partial charge in [-0.05, 0) is 62.2 Å². The molecule has 0 saturated heterocycles. The smallest absolute Gasteiger partial charge is 0.160 e. The van der Waals surface area contributed by atoms with E-state index in [-0.39, 0.29) is 0 Å². The number of para-hydroxylation sites is 2. The predicted molar refractivity (Wildman–Crippen MR) is 254 cm³/mol. The zero-order chi connectivity index (χ0) is 41.0. The van der Waals surface area contributed by atoms with E-state index in [0.717, 1.165) is 66.7 Å². The van der Waals surface area contributed by atoms with Gasteiger partial charge in [0.1, 0.15) is 11.2 Å². The van der Waals surface area contributed by atoms with Crippen molar-refractivity contribution < 1.29 is 4.42 Å². The van der Waals surface area contributed by atoms with Crippen LogP contribution in [0.15, 0.2) is 235 Å². The van der Waals surface area contributed by atoms with E-state index >= 15 is 0 Å². The van der Waals surface area contributed by atoms with Crippen LogP contribution in [0.1, 0.15) is 22.3 Å². The van der Waals surface area contributed by atoms with Gasteiger partial charge in [-0.3, -0.25) is 0 Å². The molecule has 0 aliphatic heterocycles. The molecule has 0 amide bonds. The Hall–Kier alpha value is -8.14. The molecular formula is C59H38N2O. The van der Waals surface area contributed by atoms with Crippen molar-refractivity contribution in [3.8, 4) is 67.3 Å². The maximum absolute atomic E-state index is 6.38. The second-order valence-electron chi connectivity index (χ2n) is 16.0. The fourth-order valence-electron chi connectivity index (χ4n) is 9.81. The van der Waals surface area contributed by atoms with Crippen molar-refractivity contribution in [3.63, 3.8) is 0 Å². The second kappa shape index (κ2) is 14.5. The van der Waals surface area contributed by atoms with Gasteiger partial charge in [0.2, 0.25) is 0 Å². The molecule has 11 aromatic rings. The standard InChI is InChI=1S/C59H38N2O/c1-4-16-43(17-5-1)58-60-53(38-54(61-58)42-36-32-40(33-37-42)47-25-14-26-49-48-22-11-13-29-55(48)62-57(47)49)41-34-30-39(31-35-41)46-24-15-28-52-56(46)50-23-10-12-27-51(50)59(52,44-18-6-2-7-19-44)45-20-8-3-9-21-45/h1-38H. The summed E-state index contributed by atoms with van der Waals surface area (Å²) in [7, 11) is 0. The van der Waals surface area contributed by atoms with Crippen molar-refractivity contribution in [1.29, 1.82) is 0 Å². The summed E-state index contributed by atoms with van der Waals surface area (Å²) in [6.07, 6.45) is 0. The Bertz CT molecular complexity index is 3390. The summed E-state index contributed by atoms with van der Waals surface area (Å²) in [5.74, 6) is 0.689. The lowest BCUT2D eigenvalue weighted by atomic mass is 9.67. The molecule has 0 radical (unpaired) electrons. The third-order valence-electron chi connectivity index (χ3n) is 12.6. The Labute approximate surface area is 360 Å². The molecule has 3 heteroatoms. The fourth-order valence-corrected chi connectivity index (χ4v) is 9.81. The first kappa shape index (κ1) is 35.8. The highest BCUT2D eigenvalue weighted by Crippen LogP contribution is 2.58. The molecule has 0 atom stereocenters. The van der Waals surface area contributed by atoms with Gasteiger partial charge in [-0.15, -0.1) is 0 Å². The number of rotatable bonds is 7. The van der Waals surface area contributed by atoms with E-state index < -0.39 is 5.41 Å². The zero-order valence-electron chi connectivity index (χ0n) is 33.7. The Morgan fingerprint density at radius 3 is 1.50 bits per heavy atom. The summed E-state index contributed by atoms with van der Waals surface area (Å²) >= 11 is 0. The number of aromatic nitrogens is 2. The van der Waals surface area contributed by atoms with Crippen LogP contribution < -0.4 is 0 Å². The Balaban J connectivity index is 0.950. The fraction of sp³-hybridized carbons (Fsp3) is 0.0169. The van der Waals surface area contributed by atoms with Gasteiger partial charge in [-0.1, -0.05) is 218 Å². The summed E-state index contributed by atoms with van der Waals surface area (Å²) in [5.41, 5.74) is 18.3. The van der Waals surface area contributed by atoms with Crippen molar-refractivity contribution in [3.05, 3.63) is 253 Å². The molecule has 1 aliphatic carbocycles. The SMILES string of the molecule is c1ccc(-c2nc(-c3ccc(-c4cccc5c4-c4ccccc4C5(c4ccccc4)c4ccccc4)cc3)cc(-c3ccc(-c4cccc5c4oc4ccccc45)cc3)n2)cc1. The first-order chi connectivity index (χ1) is 30.7. The summed E-state index contributed by atoms with van der Waals surface area (Å²) in [6.45, 7) is 0. The third-order valence-corrected chi connectivity index (χ3v) is 12.6. The van der Waals surface area contributed by atoms with E-state index in [1.54, 1.807) is 0 Å². The Morgan fingerprint density at radius 1 is 0.339 bits per heavy atom. The Morgan fingerprint density at radius 2 is 0.823 bits per heavy atom. The van der Waals surface area contributed by atoms with Crippen LogP contribution >= 0.6 is 0 Å². The minimum atomic E-state index is -0.450. The summed E-state index contributed by atoms with van der Waals surface area (Å²) in [6, 6.07) is 82.2. The van der Waals surface area contributed by atoms with Crippen LogP contribution in [0.5, 0.6) is 0 Å². The van der Waals surface area contributed by atoms with E-state index in [9.17, 15) is 0 Å². The van der Waals surface area contributed by atoms with Crippen LogP contribution in [-0.2, 0) is 5.41 Å². The maximum atomic E-state index is 6.38. The predicted octanol–water partition coefficient (Wildman–Crippen LogP) is 15.1. The topological polar surface area (TPSA) is 38.9 Å². The minimum absolute atomic E-state index is 0.450. The number of benzene rings is 9. The largest absolute Gasteiger partial charge is 0.455 e. The quantitative estimate of drug-likeness (QED) is 0.161.